The topological polar surface area (TPSA) is 87.5 Å². The fraction of sp³-hybridized carbons (Fsp3) is 0.200. The van der Waals surface area contributed by atoms with E-state index in [1.165, 1.54) is 0 Å². The molecule has 0 aliphatic heterocycles. The standard InChI is InChI=1S/C15H16NO4P/c17-14(18)15(21(19)20,12-6-2-1-3-7-12)10-9-13-8-4-5-11-16-13/h1-8,11,21H,9-10H2,(H,17,18)(H,19,20). The Morgan fingerprint density at radius 3 is 2.33 bits per heavy atom. The Balaban J connectivity index is 2.37. The van der Waals surface area contributed by atoms with Crippen LogP contribution in [0.3, 0.4) is 0 Å². The minimum absolute atomic E-state index is 0.0255. The summed E-state index contributed by atoms with van der Waals surface area (Å²) in [6.07, 6.45) is 1.96. The molecule has 2 aromatic rings. The molecule has 0 spiro atoms. The molecule has 2 atom stereocenters. The summed E-state index contributed by atoms with van der Waals surface area (Å²) >= 11 is 0. The maximum absolute atomic E-state index is 11.9. The van der Waals surface area contributed by atoms with Crippen LogP contribution in [0, 0.1) is 0 Å². The molecule has 110 valence electrons. The number of aryl methyl sites for hydroxylation is 1. The first kappa shape index (κ1) is 15.4. The van der Waals surface area contributed by atoms with Crippen molar-refractivity contribution >= 4 is 14.0 Å². The molecule has 0 aliphatic carbocycles. The second-order valence-electron chi connectivity index (χ2n) is 4.70. The molecule has 6 heteroatoms. The Bertz CT molecular complexity index is 617. The summed E-state index contributed by atoms with van der Waals surface area (Å²) in [5.74, 6) is -1.28. The SMILES string of the molecule is O=C(O)C(CCc1ccccn1)(c1ccccc1)[PH](=O)O. The lowest BCUT2D eigenvalue weighted by molar-refractivity contribution is -0.140. The highest BCUT2D eigenvalue weighted by Crippen LogP contribution is 2.48. The van der Waals surface area contributed by atoms with Gasteiger partial charge in [-0.05, 0) is 30.5 Å². The van der Waals surface area contributed by atoms with Crippen LogP contribution in [0.1, 0.15) is 17.7 Å². The average molecular weight is 305 g/mol. The van der Waals surface area contributed by atoms with Crippen molar-refractivity contribution in [1.82, 2.24) is 4.98 Å². The monoisotopic (exact) mass is 305 g/mol. The fourth-order valence-electron chi connectivity index (χ4n) is 2.28. The van der Waals surface area contributed by atoms with Gasteiger partial charge in [0.2, 0.25) is 8.03 Å². The highest BCUT2D eigenvalue weighted by atomic mass is 31.1. The number of hydrogen-bond donors (Lipinski definition) is 2. The molecule has 2 rings (SSSR count). The van der Waals surface area contributed by atoms with Crippen molar-refractivity contribution < 1.29 is 19.4 Å². The van der Waals surface area contributed by atoms with Crippen molar-refractivity contribution in [2.24, 2.45) is 0 Å². The van der Waals surface area contributed by atoms with Gasteiger partial charge in [-0.15, -0.1) is 0 Å². The van der Waals surface area contributed by atoms with E-state index in [0.717, 1.165) is 0 Å². The Kier molecular flexibility index (Phi) is 4.89. The molecule has 0 aliphatic rings. The third-order valence-electron chi connectivity index (χ3n) is 3.48. The number of nitrogens with zero attached hydrogens (tertiary/aromatic N) is 1. The maximum Gasteiger partial charge on any atom is 0.323 e. The van der Waals surface area contributed by atoms with E-state index in [1.807, 2.05) is 0 Å². The number of hydrogen-bond acceptors (Lipinski definition) is 3. The van der Waals surface area contributed by atoms with Crippen LogP contribution in [-0.4, -0.2) is 21.0 Å². The van der Waals surface area contributed by atoms with Crippen LogP contribution in [-0.2, 0) is 20.9 Å². The zero-order valence-electron chi connectivity index (χ0n) is 11.3. The number of aliphatic carboxylic acids is 1. The van der Waals surface area contributed by atoms with E-state index in [4.69, 9.17) is 0 Å². The lowest BCUT2D eigenvalue weighted by Crippen LogP contribution is -2.33. The summed E-state index contributed by atoms with van der Waals surface area (Å²) in [7, 11) is -3.33. The van der Waals surface area contributed by atoms with Crippen LogP contribution in [0.5, 0.6) is 0 Å². The van der Waals surface area contributed by atoms with Crippen molar-refractivity contribution in [2.45, 2.75) is 18.0 Å². The predicted octanol–water partition coefficient (Wildman–Crippen LogP) is 2.46. The summed E-state index contributed by atoms with van der Waals surface area (Å²) in [5.41, 5.74) is 1.04. The van der Waals surface area contributed by atoms with E-state index in [9.17, 15) is 19.4 Å². The van der Waals surface area contributed by atoms with Crippen molar-refractivity contribution in [3.8, 4) is 0 Å². The average Bonchev–Trinajstić information content (AvgIpc) is 2.49. The van der Waals surface area contributed by atoms with Crippen LogP contribution in [0.4, 0.5) is 0 Å². The zero-order chi connectivity index (χ0) is 15.3. The number of rotatable bonds is 6. The molecule has 2 N–H and O–H groups in total. The quantitative estimate of drug-likeness (QED) is 0.800. The molecule has 0 amide bonds. The summed E-state index contributed by atoms with van der Waals surface area (Å²) in [6.45, 7) is 0. The van der Waals surface area contributed by atoms with Gasteiger partial charge in [0.05, 0.1) is 0 Å². The second-order valence-corrected chi connectivity index (χ2v) is 6.17. The fourth-order valence-corrected chi connectivity index (χ4v) is 3.22. The van der Waals surface area contributed by atoms with Crippen LogP contribution in [0.2, 0.25) is 0 Å². The third kappa shape index (κ3) is 3.20. The molecule has 0 saturated heterocycles. The summed E-state index contributed by atoms with van der Waals surface area (Å²) in [5, 5.41) is 7.80. The first-order valence-electron chi connectivity index (χ1n) is 6.49. The molecule has 1 aromatic carbocycles. The van der Waals surface area contributed by atoms with Crippen LogP contribution in [0.15, 0.2) is 54.7 Å². The van der Waals surface area contributed by atoms with Crippen LogP contribution in [0.25, 0.3) is 0 Å². The first-order valence-corrected chi connectivity index (χ1v) is 7.85. The van der Waals surface area contributed by atoms with Crippen molar-refractivity contribution in [3.63, 3.8) is 0 Å². The van der Waals surface area contributed by atoms with Gasteiger partial charge in [0.1, 0.15) is 0 Å². The zero-order valence-corrected chi connectivity index (χ0v) is 12.3. The van der Waals surface area contributed by atoms with Crippen LogP contribution < -0.4 is 0 Å². The highest BCUT2D eigenvalue weighted by Gasteiger charge is 2.45. The lowest BCUT2D eigenvalue weighted by atomic mass is 9.92. The second kappa shape index (κ2) is 6.66. The molecule has 1 aromatic heterocycles. The van der Waals surface area contributed by atoms with Crippen LogP contribution >= 0.6 is 8.03 Å². The molecule has 0 saturated carbocycles. The van der Waals surface area contributed by atoms with Gasteiger partial charge in [0, 0.05) is 11.9 Å². The van der Waals surface area contributed by atoms with Gasteiger partial charge in [-0.1, -0.05) is 36.4 Å². The lowest BCUT2D eigenvalue weighted by Gasteiger charge is -2.26. The largest absolute Gasteiger partial charge is 0.480 e. The summed E-state index contributed by atoms with van der Waals surface area (Å²) in [6, 6.07) is 13.6. The smallest absolute Gasteiger partial charge is 0.323 e. The Hall–Kier alpha value is -1.97. The molecule has 2 unspecified atom stereocenters. The van der Waals surface area contributed by atoms with Crippen molar-refractivity contribution in [3.05, 3.63) is 66.0 Å². The number of carbonyl (C=O) groups is 1. The van der Waals surface area contributed by atoms with Crippen molar-refractivity contribution in [2.75, 3.05) is 0 Å². The molecule has 1 heterocycles. The molecular weight excluding hydrogens is 289 g/mol. The van der Waals surface area contributed by atoms with E-state index < -0.39 is 19.2 Å². The van der Waals surface area contributed by atoms with E-state index in [-0.39, 0.29) is 6.42 Å². The Labute approximate surface area is 123 Å². The molecule has 0 radical (unpaired) electrons. The van der Waals surface area contributed by atoms with Gasteiger partial charge >= 0.3 is 5.97 Å². The number of pyridine rings is 1. The minimum atomic E-state index is -3.33. The van der Waals surface area contributed by atoms with Gasteiger partial charge < -0.3 is 10.00 Å². The molecular formula is C15H16NO4P. The van der Waals surface area contributed by atoms with Gasteiger partial charge in [0.25, 0.3) is 0 Å². The predicted molar refractivity (Wildman–Crippen MR) is 79.5 cm³/mol. The number of carboxylic acids is 1. The van der Waals surface area contributed by atoms with E-state index in [1.54, 1.807) is 54.7 Å². The van der Waals surface area contributed by atoms with Gasteiger partial charge in [-0.25, -0.2) is 0 Å². The number of benzene rings is 1. The Morgan fingerprint density at radius 1 is 1.14 bits per heavy atom. The first-order chi connectivity index (χ1) is 10.1. The van der Waals surface area contributed by atoms with Gasteiger partial charge in [0.15, 0.2) is 5.16 Å². The minimum Gasteiger partial charge on any atom is -0.480 e. The van der Waals surface area contributed by atoms with Crippen molar-refractivity contribution in [1.29, 1.82) is 0 Å². The Morgan fingerprint density at radius 2 is 1.81 bits per heavy atom. The van der Waals surface area contributed by atoms with E-state index >= 15 is 0 Å². The normalized spacial score (nSPS) is 15.1. The van der Waals surface area contributed by atoms with Gasteiger partial charge in [-0.2, -0.15) is 0 Å². The maximum atomic E-state index is 11.9. The van der Waals surface area contributed by atoms with E-state index in [2.05, 4.69) is 4.98 Å². The van der Waals surface area contributed by atoms with E-state index in [0.29, 0.717) is 17.7 Å². The molecule has 5 nitrogen and oxygen atoms in total. The molecule has 21 heavy (non-hydrogen) atoms. The molecule has 0 bridgehead atoms. The summed E-state index contributed by atoms with van der Waals surface area (Å²) in [4.78, 5) is 25.6. The number of aromatic nitrogens is 1. The van der Waals surface area contributed by atoms with Gasteiger partial charge in [-0.3, -0.25) is 14.3 Å². The summed E-state index contributed by atoms with van der Waals surface area (Å²) < 4.78 is 11.9. The third-order valence-corrected chi connectivity index (χ3v) is 4.96. The molecule has 0 fully saturated rings. The highest BCUT2D eigenvalue weighted by molar-refractivity contribution is 7.41. The number of carboxylic acid groups (broad SMARTS) is 1.